The number of carbonyl (C=O) groups excluding carboxylic acids is 1. The van der Waals surface area contributed by atoms with Gasteiger partial charge in [0.1, 0.15) is 0 Å². The molecular weight excluding hydrogens is 106 g/mol. The zero-order valence-electron chi connectivity index (χ0n) is 4.93. The summed E-state index contributed by atoms with van der Waals surface area (Å²) in [6.45, 7) is 1.59. The van der Waals surface area contributed by atoms with Crippen LogP contribution in [0.3, 0.4) is 0 Å². The molecule has 0 aromatic carbocycles. The molecule has 0 bridgehead atoms. The first-order valence-electron chi connectivity index (χ1n) is 2.16. The predicted molar refractivity (Wildman–Crippen MR) is 31.4 cm³/mol. The molecule has 0 radical (unpaired) electrons. The average molecular weight is 115 g/mol. The van der Waals surface area contributed by atoms with Crippen molar-refractivity contribution in [1.29, 1.82) is 0 Å². The van der Waals surface area contributed by atoms with Crippen LogP contribution in [0.25, 0.3) is 0 Å². The molecule has 0 aliphatic heterocycles. The first kappa shape index (κ1) is 7.10. The van der Waals surface area contributed by atoms with Gasteiger partial charge in [-0.05, 0) is 6.92 Å². The van der Waals surface area contributed by atoms with E-state index in [0.29, 0.717) is 5.71 Å². The van der Waals surface area contributed by atoms with Gasteiger partial charge >= 0.3 is 0 Å². The fourth-order valence-electron chi connectivity index (χ4n) is 0.206. The van der Waals surface area contributed by atoms with Crippen molar-refractivity contribution in [3.63, 3.8) is 0 Å². The van der Waals surface area contributed by atoms with E-state index in [9.17, 15) is 4.79 Å². The van der Waals surface area contributed by atoms with Crippen molar-refractivity contribution in [1.82, 2.24) is 5.43 Å². The smallest absolute Gasteiger partial charge is 0.278 e. The molecule has 1 amide bonds. The molecule has 0 unspecified atom stereocenters. The minimum atomic E-state index is -0.340. The van der Waals surface area contributed by atoms with E-state index in [4.69, 9.17) is 5.84 Å². The summed E-state index contributed by atoms with van der Waals surface area (Å²) in [7, 11) is 1.53. The monoisotopic (exact) mass is 115 g/mol. The van der Waals surface area contributed by atoms with Gasteiger partial charge in [0.2, 0.25) is 0 Å². The van der Waals surface area contributed by atoms with E-state index in [1.807, 2.05) is 5.43 Å². The summed E-state index contributed by atoms with van der Waals surface area (Å²) in [5.74, 6) is 4.43. The third kappa shape index (κ3) is 1.70. The Morgan fingerprint density at radius 2 is 2.25 bits per heavy atom. The van der Waals surface area contributed by atoms with Crippen molar-refractivity contribution >= 4 is 11.6 Å². The lowest BCUT2D eigenvalue weighted by molar-refractivity contribution is -0.114. The topological polar surface area (TPSA) is 67.5 Å². The highest BCUT2D eigenvalue weighted by Gasteiger charge is 1.98. The van der Waals surface area contributed by atoms with Gasteiger partial charge in [0, 0.05) is 7.05 Å². The molecule has 0 spiro atoms. The Balaban J connectivity index is 3.83. The van der Waals surface area contributed by atoms with E-state index in [-0.39, 0.29) is 5.91 Å². The molecule has 0 saturated carbocycles. The largest absolute Gasteiger partial charge is 0.289 e. The molecule has 4 heteroatoms. The van der Waals surface area contributed by atoms with Gasteiger partial charge in [-0.15, -0.1) is 0 Å². The van der Waals surface area contributed by atoms with Crippen LogP contribution in [0, 0.1) is 0 Å². The minimum Gasteiger partial charge on any atom is -0.289 e. The van der Waals surface area contributed by atoms with Crippen molar-refractivity contribution in [2.24, 2.45) is 10.8 Å². The van der Waals surface area contributed by atoms with Crippen LogP contribution in [0.15, 0.2) is 4.99 Å². The average Bonchev–Trinajstić information content (AvgIpc) is 1.84. The van der Waals surface area contributed by atoms with Crippen molar-refractivity contribution < 1.29 is 4.79 Å². The van der Waals surface area contributed by atoms with Gasteiger partial charge in [0.25, 0.3) is 5.91 Å². The molecule has 4 nitrogen and oxygen atoms in total. The Labute approximate surface area is 47.8 Å². The lowest BCUT2D eigenvalue weighted by atomic mass is 10.4. The molecule has 0 heterocycles. The van der Waals surface area contributed by atoms with E-state index in [0.717, 1.165) is 0 Å². The second-order valence-electron chi connectivity index (χ2n) is 1.28. The number of hydrogen-bond acceptors (Lipinski definition) is 3. The quantitative estimate of drug-likeness (QED) is 0.200. The van der Waals surface area contributed by atoms with Crippen LogP contribution < -0.4 is 11.3 Å². The van der Waals surface area contributed by atoms with Crippen LogP contribution >= 0.6 is 0 Å². The predicted octanol–water partition coefficient (Wildman–Crippen LogP) is -0.933. The van der Waals surface area contributed by atoms with E-state index < -0.39 is 0 Å². The Morgan fingerprint density at radius 1 is 1.75 bits per heavy atom. The zero-order chi connectivity index (χ0) is 6.57. The SMILES string of the molecule is CN=C(C)C(=O)NN. The highest BCUT2D eigenvalue weighted by atomic mass is 16.2. The molecule has 0 aromatic rings. The number of nitrogens with two attached hydrogens (primary N) is 1. The number of hydrazine groups is 1. The van der Waals surface area contributed by atoms with Gasteiger partial charge in [-0.3, -0.25) is 15.2 Å². The second kappa shape index (κ2) is 3.15. The Morgan fingerprint density at radius 3 is 2.38 bits per heavy atom. The molecule has 0 fully saturated rings. The van der Waals surface area contributed by atoms with Crippen LogP contribution in [0.2, 0.25) is 0 Å². The Bertz CT molecular complexity index is 118. The van der Waals surface area contributed by atoms with E-state index >= 15 is 0 Å². The van der Waals surface area contributed by atoms with Gasteiger partial charge in [-0.1, -0.05) is 0 Å². The molecule has 0 rings (SSSR count). The van der Waals surface area contributed by atoms with Gasteiger partial charge in [-0.2, -0.15) is 0 Å². The molecular formula is C4H9N3O. The van der Waals surface area contributed by atoms with Crippen LogP contribution in [-0.4, -0.2) is 18.7 Å². The van der Waals surface area contributed by atoms with Gasteiger partial charge in [0.05, 0.1) is 5.71 Å². The van der Waals surface area contributed by atoms with Crippen molar-refractivity contribution in [2.75, 3.05) is 7.05 Å². The van der Waals surface area contributed by atoms with Crippen molar-refractivity contribution in [3.05, 3.63) is 0 Å². The number of amides is 1. The van der Waals surface area contributed by atoms with Crippen LogP contribution in [-0.2, 0) is 4.79 Å². The maximum absolute atomic E-state index is 10.4. The number of aliphatic imine (C=N–C) groups is 1. The van der Waals surface area contributed by atoms with E-state index in [1.165, 1.54) is 7.05 Å². The van der Waals surface area contributed by atoms with Gasteiger partial charge in [-0.25, -0.2) is 5.84 Å². The molecule has 0 aliphatic rings. The van der Waals surface area contributed by atoms with E-state index in [2.05, 4.69) is 4.99 Å². The number of carbonyl (C=O) groups is 1. The molecule has 3 N–H and O–H groups in total. The summed E-state index contributed by atoms with van der Waals surface area (Å²) in [4.78, 5) is 14.0. The Hall–Kier alpha value is -0.900. The van der Waals surface area contributed by atoms with Gasteiger partial charge < -0.3 is 0 Å². The molecule has 0 saturated heterocycles. The van der Waals surface area contributed by atoms with Crippen LogP contribution in [0.4, 0.5) is 0 Å². The second-order valence-corrected chi connectivity index (χ2v) is 1.28. The third-order valence-corrected chi connectivity index (χ3v) is 0.795. The maximum Gasteiger partial charge on any atom is 0.278 e. The fourth-order valence-corrected chi connectivity index (χ4v) is 0.206. The zero-order valence-corrected chi connectivity index (χ0v) is 4.93. The molecule has 46 valence electrons. The van der Waals surface area contributed by atoms with Crippen molar-refractivity contribution in [2.45, 2.75) is 6.92 Å². The highest BCUT2D eigenvalue weighted by Crippen LogP contribution is 1.70. The third-order valence-electron chi connectivity index (χ3n) is 0.795. The number of rotatable bonds is 1. The molecule has 8 heavy (non-hydrogen) atoms. The fraction of sp³-hybridized carbons (Fsp3) is 0.500. The minimum absolute atomic E-state index is 0.340. The van der Waals surface area contributed by atoms with Crippen LogP contribution in [0.1, 0.15) is 6.92 Å². The molecule has 0 atom stereocenters. The summed E-state index contributed by atoms with van der Waals surface area (Å²) in [6, 6.07) is 0. The summed E-state index contributed by atoms with van der Waals surface area (Å²) >= 11 is 0. The van der Waals surface area contributed by atoms with E-state index in [1.54, 1.807) is 6.92 Å². The first-order chi connectivity index (χ1) is 3.72. The lowest BCUT2D eigenvalue weighted by Gasteiger charge is -1.93. The summed E-state index contributed by atoms with van der Waals surface area (Å²) in [5.41, 5.74) is 2.33. The maximum atomic E-state index is 10.4. The van der Waals surface area contributed by atoms with Gasteiger partial charge in [0.15, 0.2) is 0 Å². The van der Waals surface area contributed by atoms with Crippen molar-refractivity contribution in [3.8, 4) is 0 Å². The summed E-state index contributed by atoms with van der Waals surface area (Å²) < 4.78 is 0. The van der Waals surface area contributed by atoms with Crippen LogP contribution in [0.5, 0.6) is 0 Å². The normalized spacial score (nSPS) is 11.1. The number of nitrogens with zero attached hydrogens (tertiary/aromatic N) is 1. The summed E-state index contributed by atoms with van der Waals surface area (Å²) in [5, 5.41) is 0. The first-order valence-corrected chi connectivity index (χ1v) is 2.16. The standard InChI is InChI=1S/C4H9N3O/c1-3(6-2)4(8)7-5/h5H2,1-2H3,(H,7,8). The Kier molecular flexibility index (Phi) is 2.79. The number of nitrogens with one attached hydrogen (secondary N) is 1. The highest BCUT2D eigenvalue weighted by molar-refractivity contribution is 6.37. The molecule has 0 aromatic heterocycles. The lowest BCUT2D eigenvalue weighted by Crippen LogP contribution is -2.34. The molecule has 0 aliphatic carbocycles. The summed E-state index contributed by atoms with van der Waals surface area (Å²) in [6.07, 6.45) is 0. The number of hydrogen-bond donors (Lipinski definition) is 2.